The van der Waals surface area contributed by atoms with E-state index in [9.17, 15) is 0 Å². The maximum Gasteiger partial charge on any atom is 0.128 e. The molecule has 5 nitrogen and oxygen atoms in total. The highest BCUT2D eigenvalue weighted by atomic mass is 15.3. The monoisotopic (exact) mass is 335 g/mol. The predicted octanol–water partition coefficient (Wildman–Crippen LogP) is 2.25. The van der Waals surface area contributed by atoms with Crippen molar-refractivity contribution in [2.24, 2.45) is 5.73 Å². The van der Waals surface area contributed by atoms with Gasteiger partial charge in [0.2, 0.25) is 0 Å². The number of anilines is 1. The zero-order chi connectivity index (χ0) is 17.1. The van der Waals surface area contributed by atoms with Crippen LogP contribution in [0.25, 0.3) is 10.9 Å². The van der Waals surface area contributed by atoms with Crippen molar-refractivity contribution in [1.82, 2.24) is 14.9 Å². The van der Waals surface area contributed by atoms with E-state index in [0.29, 0.717) is 0 Å². The quantitative estimate of drug-likeness (QED) is 0.751. The molecule has 25 heavy (non-hydrogen) atoms. The zero-order valence-corrected chi connectivity index (χ0v) is 14.4. The Bertz CT molecular complexity index is 805. The van der Waals surface area contributed by atoms with Crippen LogP contribution in [-0.2, 0) is 6.42 Å². The molecule has 0 amide bonds. The first-order valence-electron chi connectivity index (χ1n) is 8.98. The molecule has 1 atom stereocenters. The second kappa shape index (κ2) is 7.25. The highest BCUT2D eigenvalue weighted by Gasteiger charge is 2.20. The lowest BCUT2D eigenvalue weighted by Crippen LogP contribution is -2.50. The van der Waals surface area contributed by atoms with Gasteiger partial charge in [0.25, 0.3) is 0 Å². The molecule has 1 saturated heterocycles. The molecule has 1 aromatic carbocycles. The molecule has 1 aliphatic heterocycles. The summed E-state index contributed by atoms with van der Waals surface area (Å²) in [6.45, 7) is 5.04. The molecule has 1 aliphatic rings. The van der Waals surface area contributed by atoms with Crippen molar-refractivity contribution in [2.75, 3.05) is 37.6 Å². The SMILES string of the molecule is N[C@@H](Cc1c[nH]c2ccccc12)CN1CCN(c2ccccn2)CC1. The van der Waals surface area contributed by atoms with Crippen LogP contribution in [0.2, 0.25) is 0 Å². The number of fused-ring (bicyclic) bond motifs is 1. The highest BCUT2D eigenvalue weighted by Crippen LogP contribution is 2.19. The van der Waals surface area contributed by atoms with E-state index in [1.165, 1.54) is 16.5 Å². The fourth-order valence-corrected chi connectivity index (χ4v) is 3.68. The Hall–Kier alpha value is -2.37. The van der Waals surface area contributed by atoms with Gasteiger partial charge in [-0.05, 0) is 30.2 Å². The van der Waals surface area contributed by atoms with E-state index in [-0.39, 0.29) is 6.04 Å². The van der Waals surface area contributed by atoms with Crippen molar-refractivity contribution in [2.45, 2.75) is 12.5 Å². The largest absolute Gasteiger partial charge is 0.361 e. The molecule has 3 N–H and O–H groups in total. The Morgan fingerprint density at radius 3 is 2.64 bits per heavy atom. The van der Waals surface area contributed by atoms with E-state index < -0.39 is 0 Å². The summed E-state index contributed by atoms with van der Waals surface area (Å²) >= 11 is 0. The average Bonchev–Trinajstić information content (AvgIpc) is 3.06. The fourth-order valence-electron chi connectivity index (χ4n) is 3.68. The van der Waals surface area contributed by atoms with Gasteiger partial charge in [-0.25, -0.2) is 4.98 Å². The second-order valence-electron chi connectivity index (χ2n) is 6.80. The summed E-state index contributed by atoms with van der Waals surface area (Å²) < 4.78 is 0. The molecule has 130 valence electrons. The molecule has 5 heteroatoms. The van der Waals surface area contributed by atoms with Gasteiger partial charge in [0, 0.05) is 62.1 Å². The first kappa shape index (κ1) is 16.1. The van der Waals surface area contributed by atoms with Gasteiger partial charge in [-0.2, -0.15) is 0 Å². The summed E-state index contributed by atoms with van der Waals surface area (Å²) in [6, 6.07) is 14.7. The zero-order valence-electron chi connectivity index (χ0n) is 14.4. The number of nitrogens with two attached hydrogens (primary N) is 1. The van der Waals surface area contributed by atoms with E-state index >= 15 is 0 Å². The van der Waals surface area contributed by atoms with Gasteiger partial charge < -0.3 is 15.6 Å². The van der Waals surface area contributed by atoms with Crippen molar-refractivity contribution in [3.8, 4) is 0 Å². The number of para-hydroxylation sites is 1. The number of benzene rings is 1. The predicted molar refractivity (Wildman–Crippen MR) is 103 cm³/mol. The van der Waals surface area contributed by atoms with Crippen LogP contribution in [0, 0.1) is 0 Å². The smallest absolute Gasteiger partial charge is 0.128 e. The first-order valence-corrected chi connectivity index (χ1v) is 8.98. The molecular weight excluding hydrogens is 310 g/mol. The number of aromatic nitrogens is 2. The normalized spacial score (nSPS) is 17.1. The van der Waals surface area contributed by atoms with E-state index in [1.807, 2.05) is 18.3 Å². The van der Waals surface area contributed by atoms with Crippen LogP contribution in [0.15, 0.2) is 54.9 Å². The van der Waals surface area contributed by atoms with E-state index in [1.54, 1.807) is 0 Å². The number of nitrogens with zero attached hydrogens (tertiary/aromatic N) is 3. The minimum absolute atomic E-state index is 0.153. The van der Waals surface area contributed by atoms with Crippen LogP contribution in [0.1, 0.15) is 5.56 Å². The molecular formula is C20H25N5. The van der Waals surface area contributed by atoms with Crippen molar-refractivity contribution in [3.05, 3.63) is 60.4 Å². The Balaban J connectivity index is 1.31. The number of hydrogen-bond acceptors (Lipinski definition) is 4. The minimum Gasteiger partial charge on any atom is -0.361 e. The van der Waals surface area contributed by atoms with Crippen molar-refractivity contribution >= 4 is 16.7 Å². The number of piperazine rings is 1. The number of rotatable bonds is 5. The summed E-state index contributed by atoms with van der Waals surface area (Å²) in [6.07, 6.45) is 4.87. The summed E-state index contributed by atoms with van der Waals surface area (Å²) in [7, 11) is 0. The van der Waals surface area contributed by atoms with Gasteiger partial charge in [-0.1, -0.05) is 24.3 Å². The standard InChI is InChI=1S/C20H25N5/c21-17(13-16-14-23-19-6-2-1-5-18(16)19)15-24-9-11-25(12-10-24)20-7-3-4-8-22-20/h1-8,14,17,23H,9-13,15,21H2/t17-/m0/s1. The molecule has 4 rings (SSSR count). The van der Waals surface area contributed by atoms with Crippen LogP contribution in [0.5, 0.6) is 0 Å². The lowest BCUT2D eigenvalue weighted by atomic mass is 10.0. The maximum absolute atomic E-state index is 6.45. The summed E-state index contributed by atoms with van der Waals surface area (Å²) in [5, 5.41) is 1.29. The summed E-state index contributed by atoms with van der Waals surface area (Å²) in [5.74, 6) is 1.07. The Labute approximate surface area is 148 Å². The second-order valence-corrected chi connectivity index (χ2v) is 6.80. The van der Waals surface area contributed by atoms with Crippen LogP contribution in [0.3, 0.4) is 0 Å². The van der Waals surface area contributed by atoms with Gasteiger partial charge in [-0.15, -0.1) is 0 Å². The fraction of sp³-hybridized carbons (Fsp3) is 0.350. The number of H-pyrrole nitrogens is 1. The third-order valence-electron chi connectivity index (χ3n) is 5.00. The van der Waals surface area contributed by atoms with Crippen LogP contribution >= 0.6 is 0 Å². The Morgan fingerprint density at radius 1 is 1.04 bits per heavy atom. The Kier molecular flexibility index (Phi) is 4.68. The van der Waals surface area contributed by atoms with E-state index in [4.69, 9.17) is 5.73 Å². The van der Waals surface area contributed by atoms with Crippen molar-refractivity contribution in [3.63, 3.8) is 0 Å². The van der Waals surface area contributed by atoms with Gasteiger partial charge in [-0.3, -0.25) is 4.90 Å². The third kappa shape index (κ3) is 3.67. The molecule has 3 heterocycles. The molecule has 0 bridgehead atoms. The molecule has 3 aromatic rings. The Morgan fingerprint density at radius 2 is 1.84 bits per heavy atom. The van der Waals surface area contributed by atoms with Gasteiger partial charge in [0.1, 0.15) is 5.82 Å². The highest BCUT2D eigenvalue weighted by molar-refractivity contribution is 5.83. The minimum atomic E-state index is 0.153. The van der Waals surface area contributed by atoms with Gasteiger partial charge in [0.15, 0.2) is 0 Å². The number of nitrogens with one attached hydrogen (secondary N) is 1. The summed E-state index contributed by atoms with van der Waals surface area (Å²) in [5.41, 5.74) is 8.95. The van der Waals surface area contributed by atoms with Crippen molar-refractivity contribution < 1.29 is 0 Å². The van der Waals surface area contributed by atoms with Gasteiger partial charge in [0.05, 0.1) is 0 Å². The van der Waals surface area contributed by atoms with E-state index in [2.05, 4.69) is 56.3 Å². The first-order chi connectivity index (χ1) is 12.3. The molecule has 0 radical (unpaired) electrons. The van der Waals surface area contributed by atoms with Gasteiger partial charge >= 0.3 is 0 Å². The topological polar surface area (TPSA) is 61.2 Å². The molecule has 0 spiro atoms. The molecule has 1 fully saturated rings. The molecule has 0 unspecified atom stereocenters. The van der Waals surface area contributed by atoms with E-state index in [0.717, 1.165) is 45.0 Å². The molecule has 0 aliphatic carbocycles. The summed E-state index contributed by atoms with van der Waals surface area (Å²) in [4.78, 5) is 12.6. The number of hydrogen-bond donors (Lipinski definition) is 2. The van der Waals surface area contributed by atoms with Crippen LogP contribution in [0.4, 0.5) is 5.82 Å². The molecule has 0 saturated carbocycles. The number of aromatic amines is 1. The lowest BCUT2D eigenvalue weighted by molar-refractivity contribution is 0.241. The molecule has 2 aromatic heterocycles. The number of pyridine rings is 1. The lowest BCUT2D eigenvalue weighted by Gasteiger charge is -2.36. The van der Waals surface area contributed by atoms with Crippen LogP contribution < -0.4 is 10.6 Å². The van der Waals surface area contributed by atoms with Crippen molar-refractivity contribution in [1.29, 1.82) is 0 Å². The third-order valence-corrected chi connectivity index (χ3v) is 5.00. The van der Waals surface area contributed by atoms with Crippen LogP contribution in [-0.4, -0.2) is 53.6 Å². The average molecular weight is 335 g/mol. The maximum atomic E-state index is 6.45.